The minimum Gasteiger partial charge on any atom is -0.454 e. The Kier molecular flexibility index (Phi) is 4.31. The molecule has 2 aliphatic heterocycles. The van der Waals surface area contributed by atoms with E-state index in [0.29, 0.717) is 18.0 Å². The molecule has 0 unspecified atom stereocenters. The summed E-state index contributed by atoms with van der Waals surface area (Å²) in [6.45, 7) is 5.77. The summed E-state index contributed by atoms with van der Waals surface area (Å²) in [6.07, 6.45) is 0. The Morgan fingerprint density at radius 3 is 2.67 bits per heavy atom. The molecule has 0 amide bonds. The molecule has 0 atom stereocenters. The molecular formula is C19H20N4O3S. The zero-order valence-electron chi connectivity index (χ0n) is 14.8. The minimum absolute atomic E-state index is 0.0357. The summed E-state index contributed by atoms with van der Waals surface area (Å²) < 4.78 is 11.5. The van der Waals surface area contributed by atoms with E-state index in [4.69, 9.17) is 9.47 Å². The van der Waals surface area contributed by atoms with Gasteiger partial charge in [-0.2, -0.15) is 0 Å². The Morgan fingerprint density at radius 2 is 1.81 bits per heavy atom. The van der Waals surface area contributed by atoms with Crippen molar-refractivity contribution in [1.29, 1.82) is 0 Å². The molecular weight excluding hydrogens is 364 g/mol. The van der Waals surface area contributed by atoms with Gasteiger partial charge in [-0.3, -0.25) is 14.6 Å². The number of nitrogens with one attached hydrogen (secondary N) is 1. The van der Waals surface area contributed by atoms with E-state index in [-0.39, 0.29) is 5.56 Å². The molecule has 5 rings (SSSR count). The molecule has 2 aliphatic rings. The lowest BCUT2D eigenvalue weighted by molar-refractivity contribution is 0.120. The van der Waals surface area contributed by atoms with E-state index in [9.17, 15) is 4.79 Å². The molecule has 8 heteroatoms. The standard InChI is InChI=1S/C19H20N4O3S/c24-19-18-14(3-8-27-18)20-17(21-19)11-23-6-4-22(5-7-23)10-13-1-2-15-16(9-13)26-12-25-15/h1-3,8-9H,4-7,10-12H2,(H,20,21,24). The van der Waals surface area contributed by atoms with Crippen LogP contribution >= 0.6 is 11.3 Å². The lowest BCUT2D eigenvalue weighted by Crippen LogP contribution is -2.45. The van der Waals surface area contributed by atoms with Gasteiger partial charge in [0.2, 0.25) is 6.79 Å². The van der Waals surface area contributed by atoms with Crippen LogP contribution in [-0.4, -0.2) is 52.7 Å². The van der Waals surface area contributed by atoms with Crippen molar-refractivity contribution in [3.05, 3.63) is 51.4 Å². The van der Waals surface area contributed by atoms with Crippen LogP contribution in [0.2, 0.25) is 0 Å². The highest BCUT2D eigenvalue weighted by Crippen LogP contribution is 2.32. The number of H-pyrrole nitrogens is 1. The van der Waals surface area contributed by atoms with E-state index in [1.807, 2.05) is 17.5 Å². The van der Waals surface area contributed by atoms with Crippen LogP contribution in [-0.2, 0) is 13.1 Å². The van der Waals surface area contributed by atoms with Crippen molar-refractivity contribution in [2.45, 2.75) is 13.1 Å². The van der Waals surface area contributed by atoms with Crippen LogP contribution in [0, 0.1) is 0 Å². The lowest BCUT2D eigenvalue weighted by Gasteiger charge is -2.34. The van der Waals surface area contributed by atoms with Crippen molar-refractivity contribution in [2.24, 2.45) is 0 Å². The largest absolute Gasteiger partial charge is 0.454 e. The third kappa shape index (κ3) is 3.43. The molecule has 0 aliphatic carbocycles. The van der Waals surface area contributed by atoms with Crippen LogP contribution < -0.4 is 15.0 Å². The number of piperazine rings is 1. The first kappa shape index (κ1) is 16.7. The highest BCUT2D eigenvalue weighted by atomic mass is 32.1. The molecule has 27 heavy (non-hydrogen) atoms. The molecule has 1 saturated heterocycles. The molecule has 140 valence electrons. The fraction of sp³-hybridized carbons (Fsp3) is 0.368. The second-order valence-corrected chi connectivity index (χ2v) is 7.80. The third-order valence-corrected chi connectivity index (χ3v) is 5.95. The van der Waals surface area contributed by atoms with Gasteiger partial charge in [0.25, 0.3) is 5.56 Å². The summed E-state index contributed by atoms with van der Waals surface area (Å²) >= 11 is 1.43. The monoisotopic (exact) mass is 384 g/mol. The highest BCUT2D eigenvalue weighted by molar-refractivity contribution is 7.17. The van der Waals surface area contributed by atoms with Crippen molar-refractivity contribution in [3.8, 4) is 11.5 Å². The fourth-order valence-corrected chi connectivity index (χ4v) is 4.34. The number of rotatable bonds is 4. The van der Waals surface area contributed by atoms with Crippen molar-refractivity contribution >= 4 is 21.6 Å². The number of ether oxygens (including phenoxy) is 2. The average molecular weight is 384 g/mol. The van der Waals surface area contributed by atoms with Crippen LogP contribution in [0.4, 0.5) is 0 Å². The highest BCUT2D eigenvalue weighted by Gasteiger charge is 2.20. The molecule has 4 heterocycles. The number of thiophene rings is 1. The van der Waals surface area contributed by atoms with E-state index in [1.165, 1.54) is 16.9 Å². The number of nitrogens with zero attached hydrogens (tertiary/aromatic N) is 3. The molecule has 0 spiro atoms. The second kappa shape index (κ2) is 6.95. The van der Waals surface area contributed by atoms with Gasteiger partial charge in [-0.1, -0.05) is 6.07 Å². The number of hydrogen-bond acceptors (Lipinski definition) is 7. The Balaban J connectivity index is 1.19. The topological polar surface area (TPSA) is 70.7 Å². The quantitative estimate of drug-likeness (QED) is 0.742. The Hall–Kier alpha value is -2.42. The van der Waals surface area contributed by atoms with Gasteiger partial charge in [-0.25, -0.2) is 4.98 Å². The molecule has 2 aromatic heterocycles. The smallest absolute Gasteiger partial charge is 0.268 e. The molecule has 1 N–H and O–H groups in total. The number of hydrogen-bond donors (Lipinski definition) is 1. The van der Waals surface area contributed by atoms with Crippen LogP contribution in [0.1, 0.15) is 11.4 Å². The summed E-state index contributed by atoms with van der Waals surface area (Å²) in [7, 11) is 0. The van der Waals surface area contributed by atoms with Gasteiger partial charge in [0.05, 0.1) is 12.1 Å². The predicted molar refractivity (Wildman–Crippen MR) is 103 cm³/mol. The van der Waals surface area contributed by atoms with Gasteiger partial charge in [0.15, 0.2) is 11.5 Å². The average Bonchev–Trinajstić information content (AvgIpc) is 3.32. The Morgan fingerprint density at radius 1 is 1.04 bits per heavy atom. The van der Waals surface area contributed by atoms with E-state index in [0.717, 1.165) is 55.6 Å². The van der Waals surface area contributed by atoms with E-state index >= 15 is 0 Å². The normalized spacial score (nSPS) is 17.6. The number of aromatic nitrogens is 2. The second-order valence-electron chi connectivity index (χ2n) is 6.89. The third-order valence-electron chi connectivity index (χ3n) is 5.05. The maximum Gasteiger partial charge on any atom is 0.268 e. The van der Waals surface area contributed by atoms with E-state index in [2.05, 4.69) is 31.9 Å². The lowest BCUT2D eigenvalue weighted by atomic mass is 10.1. The molecule has 7 nitrogen and oxygen atoms in total. The van der Waals surface area contributed by atoms with E-state index in [1.54, 1.807) is 0 Å². The van der Waals surface area contributed by atoms with Crippen molar-refractivity contribution < 1.29 is 9.47 Å². The van der Waals surface area contributed by atoms with E-state index < -0.39 is 0 Å². The predicted octanol–water partition coefficient (Wildman–Crippen LogP) is 2.03. The summed E-state index contributed by atoms with van der Waals surface area (Å²) in [5.41, 5.74) is 1.99. The zero-order valence-corrected chi connectivity index (χ0v) is 15.6. The first-order valence-electron chi connectivity index (χ1n) is 9.04. The molecule has 0 saturated carbocycles. The SMILES string of the molecule is O=c1[nH]c(CN2CCN(Cc3ccc4c(c3)OCO4)CC2)nc2ccsc12. The first-order valence-corrected chi connectivity index (χ1v) is 9.92. The molecule has 3 aromatic rings. The van der Waals surface area contributed by atoms with Crippen molar-refractivity contribution in [1.82, 2.24) is 19.8 Å². The number of fused-ring (bicyclic) bond motifs is 2. The van der Waals surface area contributed by atoms with Gasteiger partial charge >= 0.3 is 0 Å². The summed E-state index contributed by atoms with van der Waals surface area (Å²) in [6, 6.07) is 8.06. The van der Waals surface area contributed by atoms with Crippen molar-refractivity contribution in [3.63, 3.8) is 0 Å². The Labute approximate surface area is 160 Å². The maximum atomic E-state index is 12.1. The van der Waals surface area contributed by atoms with Crippen molar-refractivity contribution in [2.75, 3.05) is 33.0 Å². The molecule has 1 fully saturated rings. The van der Waals surface area contributed by atoms with Gasteiger partial charge in [0, 0.05) is 32.7 Å². The first-order chi connectivity index (χ1) is 13.2. The maximum absolute atomic E-state index is 12.1. The van der Waals surface area contributed by atoms with Crippen LogP contribution in [0.5, 0.6) is 11.5 Å². The summed E-state index contributed by atoms with van der Waals surface area (Å²) in [5.74, 6) is 2.41. The molecule has 1 aromatic carbocycles. The molecule has 0 bridgehead atoms. The number of aromatic amines is 1. The van der Waals surface area contributed by atoms with Crippen LogP contribution in [0.15, 0.2) is 34.4 Å². The van der Waals surface area contributed by atoms with Gasteiger partial charge in [-0.15, -0.1) is 11.3 Å². The van der Waals surface area contributed by atoms with Gasteiger partial charge < -0.3 is 14.5 Å². The fourth-order valence-electron chi connectivity index (χ4n) is 3.61. The zero-order chi connectivity index (χ0) is 18.2. The summed E-state index contributed by atoms with van der Waals surface area (Å²) in [4.78, 5) is 24.4. The van der Waals surface area contributed by atoms with Crippen LogP contribution in [0.3, 0.4) is 0 Å². The van der Waals surface area contributed by atoms with Gasteiger partial charge in [0.1, 0.15) is 10.5 Å². The molecule has 0 radical (unpaired) electrons. The van der Waals surface area contributed by atoms with Crippen LogP contribution in [0.25, 0.3) is 10.2 Å². The minimum atomic E-state index is -0.0357. The van der Waals surface area contributed by atoms with Gasteiger partial charge in [-0.05, 0) is 29.1 Å². The number of benzene rings is 1. The Bertz CT molecular complexity index is 1020. The summed E-state index contributed by atoms with van der Waals surface area (Å²) in [5, 5.41) is 1.91.